The molecule has 1 aliphatic carbocycles. The smallest absolute Gasteiger partial charge is 0.234 e. The first-order valence-corrected chi connectivity index (χ1v) is 5.87. The molecular weight excluding hydrogens is 228 g/mol. The Hall–Kier alpha value is -0.320. The fourth-order valence-corrected chi connectivity index (χ4v) is 2.77. The summed E-state index contributed by atoms with van der Waals surface area (Å²) in [6.45, 7) is 1.28. The van der Waals surface area contributed by atoms with E-state index in [1.807, 2.05) is 0 Å². The van der Waals surface area contributed by atoms with E-state index in [0.29, 0.717) is 24.6 Å². The third kappa shape index (κ3) is 3.09. The van der Waals surface area contributed by atoms with Crippen LogP contribution in [0.3, 0.4) is 0 Å². The highest BCUT2D eigenvalue weighted by atomic mass is 35.5. The van der Waals surface area contributed by atoms with Crippen LogP contribution in [0.5, 0.6) is 0 Å². The Morgan fingerprint density at radius 1 is 1.38 bits per heavy atom. The molecule has 1 saturated carbocycles. The molecular formula is C11H21ClN2O2. The van der Waals surface area contributed by atoms with Crippen molar-refractivity contribution in [3.63, 3.8) is 0 Å². The van der Waals surface area contributed by atoms with Gasteiger partial charge >= 0.3 is 0 Å². The van der Waals surface area contributed by atoms with Crippen molar-refractivity contribution in [3.05, 3.63) is 0 Å². The number of amides is 1. The predicted molar refractivity (Wildman–Crippen MR) is 64.8 cm³/mol. The van der Waals surface area contributed by atoms with Gasteiger partial charge in [-0.25, -0.2) is 0 Å². The van der Waals surface area contributed by atoms with Gasteiger partial charge in [0, 0.05) is 18.6 Å². The number of likely N-dealkylation sites (N-methyl/N-ethyl adjacent to an activating group) is 1. The lowest BCUT2D eigenvalue weighted by atomic mass is 9.82. The molecule has 0 aromatic rings. The minimum atomic E-state index is 0. The first-order chi connectivity index (χ1) is 7.31. The second kappa shape index (κ2) is 6.42. The van der Waals surface area contributed by atoms with Crippen LogP contribution in [0, 0.1) is 5.92 Å². The van der Waals surface area contributed by atoms with Crippen LogP contribution in [-0.4, -0.2) is 38.3 Å². The monoisotopic (exact) mass is 248 g/mol. The molecule has 3 unspecified atom stereocenters. The second-order valence-electron chi connectivity index (χ2n) is 4.50. The van der Waals surface area contributed by atoms with E-state index < -0.39 is 0 Å². The Morgan fingerprint density at radius 2 is 2.19 bits per heavy atom. The van der Waals surface area contributed by atoms with E-state index in [9.17, 15) is 4.79 Å². The number of carbonyl (C=O) groups is 1. The number of halogens is 1. The van der Waals surface area contributed by atoms with E-state index in [0.717, 1.165) is 19.4 Å². The van der Waals surface area contributed by atoms with Gasteiger partial charge in [0.1, 0.15) is 0 Å². The quantitative estimate of drug-likeness (QED) is 0.773. The number of ether oxygens (including phenoxy) is 1. The Bertz CT molecular complexity index is 238. The molecule has 16 heavy (non-hydrogen) atoms. The second-order valence-corrected chi connectivity index (χ2v) is 4.50. The van der Waals surface area contributed by atoms with E-state index in [2.05, 4.69) is 10.6 Å². The maximum Gasteiger partial charge on any atom is 0.234 e. The normalized spacial score (nSPS) is 32.7. The zero-order valence-electron chi connectivity index (χ0n) is 9.70. The van der Waals surface area contributed by atoms with Gasteiger partial charge in [0.2, 0.25) is 5.91 Å². The van der Waals surface area contributed by atoms with E-state index >= 15 is 0 Å². The van der Waals surface area contributed by atoms with Crippen molar-refractivity contribution < 1.29 is 9.53 Å². The van der Waals surface area contributed by atoms with Gasteiger partial charge in [-0.05, 0) is 32.7 Å². The topological polar surface area (TPSA) is 50.4 Å². The fourth-order valence-electron chi connectivity index (χ4n) is 2.77. The van der Waals surface area contributed by atoms with E-state index in [-0.39, 0.29) is 18.3 Å². The van der Waals surface area contributed by atoms with Crippen molar-refractivity contribution >= 4 is 18.3 Å². The summed E-state index contributed by atoms with van der Waals surface area (Å²) >= 11 is 0. The summed E-state index contributed by atoms with van der Waals surface area (Å²) in [5.74, 6) is 0.662. The Morgan fingerprint density at radius 3 is 2.94 bits per heavy atom. The molecule has 0 aromatic carbocycles. The predicted octanol–water partition coefficient (Wildman–Crippen LogP) is 0.701. The van der Waals surface area contributed by atoms with Gasteiger partial charge in [0.25, 0.3) is 0 Å². The fraction of sp³-hybridized carbons (Fsp3) is 0.909. The van der Waals surface area contributed by atoms with Crippen LogP contribution in [0.4, 0.5) is 0 Å². The van der Waals surface area contributed by atoms with Crippen LogP contribution in [0.25, 0.3) is 0 Å². The lowest BCUT2D eigenvalue weighted by Gasteiger charge is -2.33. The minimum Gasteiger partial charge on any atom is -0.378 e. The SMILES string of the molecule is CNCC(=O)NC1CCCC2OCCC12.Cl. The molecule has 94 valence electrons. The Kier molecular flexibility index (Phi) is 5.52. The molecule has 0 bridgehead atoms. The Labute approximate surface area is 103 Å². The van der Waals surface area contributed by atoms with Gasteiger partial charge in [0.05, 0.1) is 12.6 Å². The lowest BCUT2D eigenvalue weighted by molar-refractivity contribution is -0.121. The number of rotatable bonds is 3. The summed E-state index contributed by atoms with van der Waals surface area (Å²) in [6.07, 6.45) is 4.96. The van der Waals surface area contributed by atoms with Gasteiger partial charge in [-0.15, -0.1) is 12.4 Å². The third-order valence-electron chi connectivity index (χ3n) is 3.46. The molecule has 2 rings (SSSR count). The first kappa shape index (κ1) is 13.7. The van der Waals surface area contributed by atoms with Crippen LogP contribution in [0.1, 0.15) is 25.7 Å². The molecule has 0 aromatic heterocycles. The van der Waals surface area contributed by atoms with Gasteiger partial charge < -0.3 is 15.4 Å². The number of fused-ring (bicyclic) bond motifs is 1. The summed E-state index contributed by atoms with van der Waals surface area (Å²) in [6, 6.07) is 0.340. The summed E-state index contributed by atoms with van der Waals surface area (Å²) in [5.41, 5.74) is 0. The molecule has 0 spiro atoms. The average molecular weight is 249 g/mol. The van der Waals surface area contributed by atoms with E-state index in [1.54, 1.807) is 7.05 Å². The molecule has 2 aliphatic rings. The standard InChI is InChI=1S/C11H20N2O2.ClH/c1-12-7-11(14)13-9-3-2-4-10-8(9)5-6-15-10;/h8-10,12H,2-7H2,1H3,(H,13,14);1H. The van der Waals surface area contributed by atoms with Crippen molar-refractivity contribution in [1.29, 1.82) is 0 Å². The van der Waals surface area contributed by atoms with Crippen LogP contribution in [0.15, 0.2) is 0 Å². The number of nitrogens with one attached hydrogen (secondary N) is 2. The summed E-state index contributed by atoms with van der Waals surface area (Å²) in [7, 11) is 1.79. The highest BCUT2D eigenvalue weighted by molar-refractivity contribution is 5.85. The van der Waals surface area contributed by atoms with Crippen molar-refractivity contribution in [2.24, 2.45) is 5.92 Å². The molecule has 1 saturated heterocycles. The van der Waals surface area contributed by atoms with Crippen LogP contribution in [0.2, 0.25) is 0 Å². The lowest BCUT2D eigenvalue weighted by Crippen LogP contribution is -2.47. The number of hydrogen-bond acceptors (Lipinski definition) is 3. The maximum absolute atomic E-state index is 11.5. The van der Waals surface area contributed by atoms with Crippen LogP contribution < -0.4 is 10.6 Å². The number of carbonyl (C=O) groups excluding carboxylic acids is 1. The summed E-state index contributed by atoms with van der Waals surface area (Å²) < 4.78 is 5.66. The first-order valence-electron chi connectivity index (χ1n) is 5.87. The largest absolute Gasteiger partial charge is 0.378 e. The van der Waals surface area contributed by atoms with Gasteiger partial charge in [-0.1, -0.05) is 0 Å². The molecule has 1 heterocycles. The minimum absolute atomic E-state index is 0. The third-order valence-corrected chi connectivity index (χ3v) is 3.46. The highest BCUT2D eigenvalue weighted by Crippen LogP contribution is 2.34. The number of hydrogen-bond donors (Lipinski definition) is 2. The molecule has 0 radical (unpaired) electrons. The molecule has 1 aliphatic heterocycles. The molecule has 3 atom stereocenters. The van der Waals surface area contributed by atoms with Crippen LogP contribution in [-0.2, 0) is 9.53 Å². The van der Waals surface area contributed by atoms with Gasteiger partial charge in [-0.3, -0.25) is 4.79 Å². The van der Waals surface area contributed by atoms with E-state index in [4.69, 9.17) is 4.74 Å². The zero-order chi connectivity index (χ0) is 10.7. The Balaban J connectivity index is 0.00000128. The highest BCUT2D eigenvalue weighted by Gasteiger charge is 2.37. The van der Waals surface area contributed by atoms with Crippen LogP contribution >= 0.6 is 12.4 Å². The summed E-state index contributed by atoms with van der Waals surface area (Å²) in [4.78, 5) is 11.5. The molecule has 4 nitrogen and oxygen atoms in total. The van der Waals surface area contributed by atoms with Crippen molar-refractivity contribution in [1.82, 2.24) is 10.6 Å². The molecule has 2 N–H and O–H groups in total. The zero-order valence-corrected chi connectivity index (χ0v) is 10.5. The molecule has 5 heteroatoms. The summed E-state index contributed by atoms with van der Waals surface area (Å²) in [5, 5.41) is 5.98. The maximum atomic E-state index is 11.5. The van der Waals surface area contributed by atoms with Crippen molar-refractivity contribution in [2.75, 3.05) is 20.2 Å². The van der Waals surface area contributed by atoms with E-state index in [1.165, 1.54) is 12.8 Å². The van der Waals surface area contributed by atoms with Crippen molar-refractivity contribution in [2.45, 2.75) is 37.8 Å². The molecule has 1 amide bonds. The molecule has 2 fully saturated rings. The average Bonchev–Trinajstić information content (AvgIpc) is 2.67. The van der Waals surface area contributed by atoms with Gasteiger partial charge in [0.15, 0.2) is 0 Å². The van der Waals surface area contributed by atoms with Crippen molar-refractivity contribution in [3.8, 4) is 0 Å². The van der Waals surface area contributed by atoms with Gasteiger partial charge in [-0.2, -0.15) is 0 Å².